The van der Waals surface area contributed by atoms with Gasteiger partial charge < -0.3 is 5.32 Å². The number of hydrogen-bond donors (Lipinski definition) is 1. The fourth-order valence-electron chi connectivity index (χ4n) is 1.51. The van der Waals surface area contributed by atoms with Gasteiger partial charge in [-0.3, -0.25) is 4.79 Å². The van der Waals surface area contributed by atoms with Crippen LogP contribution in [0.25, 0.3) is 0 Å². The molecule has 2 rings (SSSR count). The van der Waals surface area contributed by atoms with Gasteiger partial charge in [0.05, 0.1) is 12.0 Å². The quantitative estimate of drug-likeness (QED) is 0.684. The van der Waals surface area contributed by atoms with Gasteiger partial charge >= 0.3 is 6.18 Å². The molecule has 0 aromatic heterocycles. The number of carbonyl (C=O) groups is 1. The summed E-state index contributed by atoms with van der Waals surface area (Å²) in [5.74, 6) is -0.392. The molecule has 0 bridgehead atoms. The molecule has 5 heteroatoms. The van der Waals surface area contributed by atoms with Gasteiger partial charge in [0.15, 0.2) is 0 Å². The largest absolute Gasteiger partial charge is 0.416 e. The zero-order valence-corrected chi connectivity index (χ0v) is 6.98. The second kappa shape index (κ2) is 2.73. The molecule has 1 aromatic rings. The van der Waals surface area contributed by atoms with Crippen molar-refractivity contribution in [2.45, 2.75) is 12.6 Å². The van der Waals surface area contributed by atoms with Gasteiger partial charge in [0.1, 0.15) is 0 Å². The van der Waals surface area contributed by atoms with E-state index in [1.165, 1.54) is 12.1 Å². The Morgan fingerprint density at radius 2 is 2.00 bits per heavy atom. The molecule has 2 nitrogen and oxygen atoms in total. The third-order valence-electron chi connectivity index (χ3n) is 2.09. The van der Waals surface area contributed by atoms with Gasteiger partial charge in [-0.25, -0.2) is 0 Å². The first-order valence-electron chi connectivity index (χ1n) is 3.97. The molecule has 74 valence electrons. The molecular formula is C9H6F3NO. The SMILES string of the molecule is O=C1Cc2c(cccc2C(F)(F)F)N1. The lowest BCUT2D eigenvalue weighted by Crippen LogP contribution is -2.08. The fourth-order valence-corrected chi connectivity index (χ4v) is 1.51. The van der Waals surface area contributed by atoms with Crippen molar-refractivity contribution in [2.75, 3.05) is 5.32 Å². The van der Waals surface area contributed by atoms with Gasteiger partial charge in [-0.15, -0.1) is 0 Å². The predicted octanol–water partition coefficient (Wildman–Crippen LogP) is 2.20. The molecule has 0 radical (unpaired) electrons. The highest BCUT2D eigenvalue weighted by Gasteiger charge is 2.36. The normalized spacial score (nSPS) is 15.2. The summed E-state index contributed by atoms with van der Waals surface area (Å²) in [6.07, 6.45) is -4.58. The van der Waals surface area contributed by atoms with Crippen molar-refractivity contribution in [3.8, 4) is 0 Å². The summed E-state index contributed by atoms with van der Waals surface area (Å²) < 4.78 is 37.3. The fraction of sp³-hybridized carbons (Fsp3) is 0.222. The van der Waals surface area contributed by atoms with Crippen molar-refractivity contribution >= 4 is 11.6 Å². The Hall–Kier alpha value is -1.52. The molecule has 1 aliphatic rings. The highest BCUT2D eigenvalue weighted by molar-refractivity contribution is 5.99. The van der Waals surface area contributed by atoms with Crippen molar-refractivity contribution in [2.24, 2.45) is 0 Å². The molecule has 1 N–H and O–H groups in total. The summed E-state index contributed by atoms with van der Waals surface area (Å²) in [6.45, 7) is 0. The van der Waals surface area contributed by atoms with Crippen LogP contribution in [0.15, 0.2) is 18.2 Å². The lowest BCUT2D eigenvalue weighted by Gasteiger charge is -2.10. The molecule has 14 heavy (non-hydrogen) atoms. The van der Waals surface area contributed by atoms with E-state index < -0.39 is 17.6 Å². The Morgan fingerprint density at radius 3 is 2.64 bits per heavy atom. The van der Waals surface area contributed by atoms with E-state index in [9.17, 15) is 18.0 Å². The zero-order valence-electron chi connectivity index (χ0n) is 6.98. The van der Waals surface area contributed by atoms with E-state index >= 15 is 0 Å². The second-order valence-electron chi connectivity index (χ2n) is 3.05. The maximum Gasteiger partial charge on any atom is 0.416 e. The summed E-state index contributed by atoms with van der Waals surface area (Å²) in [6, 6.07) is 3.74. The number of hydrogen-bond acceptors (Lipinski definition) is 1. The van der Waals surface area contributed by atoms with Crippen LogP contribution in [-0.2, 0) is 17.4 Å². The Kier molecular flexibility index (Phi) is 1.77. The lowest BCUT2D eigenvalue weighted by molar-refractivity contribution is -0.138. The molecule has 0 fully saturated rings. The van der Waals surface area contributed by atoms with Crippen LogP contribution in [0.3, 0.4) is 0 Å². The van der Waals surface area contributed by atoms with E-state index in [1.807, 2.05) is 0 Å². The molecule has 0 aliphatic carbocycles. The van der Waals surface area contributed by atoms with Crippen LogP contribution in [0.5, 0.6) is 0 Å². The molecule has 1 heterocycles. The Balaban J connectivity index is 2.55. The van der Waals surface area contributed by atoms with Crippen LogP contribution in [0, 0.1) is 0 Å². The Labute approximate surface area is 77.7 Å². The topological polar surface area (TPSA) is 29.1 Å². The average molecular weight is 201 g/mol. The molecule has 0 unspecified atom stereocenters. The van der Waals surface area contributed by atoms with Gasteiger partial charge in [-0.05, 0) is 17.7 Å². The van der Waals surface area contributed by atoms with Gasteiger partial charge in [0.25, 0.3) is 0 Å². The number of fused-ring (bicyclic) bond motifs is 1. The third kappa shape index (κ3) is 1.34. The summed E-state index contributed by atoms with van der Waals surface area (Å²) in [5, 5.41) is 2.37. The van der Waals surface area contributed by atoms with Gasteiger partial charge in [-0.2, -0.15) is 13.2 Å². The number of benzene rings is 1. The lowest BCUT2D eigenvalue weighted by atomic mass is 10.0. The number of halogens is 3. The minimum atomic E-state index is -4.39. The third-order valence-corrected chi connectivity index (χ3v) is 2.09. The minimum Gasteiger partial charge on any atom is -0.326 e. The molecule has 0 saturated carbocycles. The van der Waals surface area contributed by atoms with E-state index in [-0.39, 0.29) is 17.7 Å². The molecule has 0 saturated heterocycles. The molecule has 0 spiro atoms. The van der Waals surface area contributed by atoms with Crippen molar-refractivity contribution in [3.05, 3.63) is 29.3 Å². The second-order valence-corrected chi connectivity index (χ2v) is 3.05. The standard InChI is InChI=1S/C9H6F3NO/c10-9(11,12)6-2-1-3-7-5(6)4-8(14)13-7/h1-3H,4H2,(H,13,14). The highest BCUT2D eigenvalue weighted by Crippen LogP contribution is 2.37. The first-order valence-corrected chi connectivity index (χ1v) is 3.97. The summed E-state index contributed by atoms with van der Waals surface area (Å²) in [5.41, 5.74) is -0.414. The highest BCUT2D eigenvalue weighted by atomic mass is 19.4. The number of anilines is 1. The van der Waals surface area contributed by atoms with Gasteiger partial charge in [0.2, 0.25) is 5.91 Å². The van der Waals surface area contributed by atoms with E-state index in [4.69, 9.17) is 0 Å². The van der Waals surface area contributed by atoms with Crippen molar-refractivity contribution in [1.82, 2.24) is 0 Å². The molecule has 1 aromatic carbocycles. The van der Waals surface area contributed by atoms with Crippen molar-refractivity contribution < 1.29 is 18.0 Å². The number of alkyl halides is 3. The molecule has 0 atom stereocenters. The Bertz CT molecular complexity index is 398. The molecular weight excluding hydrogens is 195 g/mol. The maximum absolute atomic E-state index is 12.4. The zero-order chi connectivity index (χ0) is 10.3. The van der Waals surface area contributed by atoms with Crippen LogP contribution in [0.4, 0.5) is 18.9 Å². The summed E-state index contributed by atoms with van der Waals surface area (Å²) in [4.78, 5) is 10.9. The maximum atomic E-state index is 12.4. The van der Waals surface area contributed by atoms with E-state index in [2.05, 4.69) is 5.32 Å². The smallest absolute Gasteiger partial charge is 0.326 e. The first kappa shape index (κ1) is 9.05. The van der Waals surface area contributed by atoms with Crippen LogP contribution in [0.2, 0.25) is 0 Å². The monoisotopic (exact) mass is 201 g/mol. The first-order chi connectivity index (χ1) is 6.48. The summed E-state index contributed by atoms with van der Waals surface area (Å²) >= 11 is 0. The van der Waals surface area contributed by atoms with E-state index in [0.717, 1.165) is 6.07 Å². The van der Waals surface area contributed by atoms with Crippen LogP contribution in [-0.4, -0.2) is 5.91 Å². The summed E-state index contributed by atoms with van der Waals surface area (Å²) in [7, 11) is 0. The van der Waals surface area contributed by atoms with Crippen LogP contribution >= 0.6 is 0 Å². The molecule has 1 amide bonds. The van der Waals surface area contributed by atoms with Crippen molar-refractivity contribution in [1.29, 1.82) is 0 Å². The predicted molar refractivity (Wildman–Crippen MR) is 43.8 cm³/mol. The Morgan fingerprint density at radius 1 is 1.29 bits per heavy atom. The van der Waals surface area contributed by atoms with E-state index in [0.29, 0.717) is 0 Å². The number of amides is 1. The number of carbonyl (C=O) groups excluding carboxylic acids is 1. The number of rotatable bonds is 0. The van der Waals surface area contributed by atoms with Crippen molar-refractivity contribution in [3.63, 3.8) is 0 Å². The van der Waals surface area contributed by atoms with Crippen LogP contribution < -0.4 is 5.32 Å². The van der Waals surface area contributed by atoms with Crippen LogP contribution in [0.1, 0.15) is 11.1 Å². The number of nitrogens with one attached hydrogen (secondary N) is 1. The minimum absolute atomic E-state index is 0.0463. The van der Waals surface area contributed by atoms with Gasteiger partial charge in [-0.1, -0.05) is 6.07 Å². The van der Waals surface area contributed by atoms with Gasteiger partial charge in [0, 0.05) is 5.69 Å². The molecule has 1 aliphatic heterocycles. The van der Waals surface area contributed by atoms with E-state index in [1.54, 1.807) is 0 Å². The average Bonchev–Trinajstić information content (AvgIpc) is 2.41.